The minimum atomic E-state index is -0.192. The van der Waals surface area contributed by atoms with Gasteiger partial charge in [-0.05, 0) is 31.8 Å². The van der Waals surface area contributed by atoms with Crippen molar-refractivity contribution in [3.63, 3.8) is 0 Å². The Morgan fingerprint density at radius 2 is 2.29 bits per heavy atom. The van der Waals surface area contributed by atoms with Crippen LogP contribution in [0.2, 0.25) is 0 Å². The second-order valence-electron chi connectivity index (χ2n) is 5.39. The van der Waals surface area contributed by atoms with Crippen molar-refractivity contribution in [1.29, 1.82) is 0 Å². The molecule has 88 valence electrons. The number of allylic oxidation sites excluding steroid dienone is 5. The number of carbonyl (C=O) groups is 1. The first-order chi connectivity index (χ1) is 8.01. The molecule has 1 heterocycles. The Morgan fingerprint density at radius 3 is 3.06 bits per heavy atom. The van der Waals surface area contributed by atoms with Crippen molar-refractivity contribution in [3.8, 4) is 0 Å². The Labute approximate surface area is 101 Å². The number of hydrogen-bond acceptors (Lipinski definition) is 2. The molecule has 3 aliphatic rings. The van der Waals surface area contributed by atoms with Crippen LogP contribution in [0.25, 0.3) is 0 Å². The molecule has 0 aromatic carbocycles. The minimum Gasteiger partial charge on any atom is -0.423 e. The fourth-order valence-corrected chi connectivity index (χ4v) is 3.08. The van der Waals surface area contributed by atoms with Crippen molar-refractivity contribution in [1.82, 2.24) is 0 Å². The van der Waals surface area contributed by atoms with E-state index in [0.717, 1.165) is 29.7 Å². The molecule has 0 amide bonds. The average Bonchev–Trinajstić information content (AvgIpc) is 2.52. The first kappa shape index (κ1) is 10.6. The van der Waals surface area contributed by atoms with Gasteiger partial charge in [0.1, 0.15) is 5.76 Å². The molecule has 2 nitrogen and oxygen atoms in total. The van der Waals surface area contributed by atoms with E-state index < -0.39 is 0 Å². The first-order valence-corrected chi connectivity index (χ1v) is 6.02. The van der Waals surface area contributed by atoms with Crippen LogP contribution < -0.4 is 0 Å². The quantitative estimate of drug-likeness (QED) is 0.470. The van der Waals surface area contributed by atoms with Crippen molar-refractivity contribution in [2.24, 2.45) is 11.3 Å². The van der Waals surface area contributed by atoms with Gasteiger partial charge in [0.2, 0.25) is 0 Å². The molecule has 0 aromatic heterocycles. The van der Waals surface area contributed by atoms with Gasteiger partial charge in [-0.25, -0.2) is 4.79 Å². The normalized spacial score (nSPS) is 35.4. The molecule has 0 saturated heterocycles. The van der Waals surface area contributed by atoms with Gasteiger partial charge in [0, 0.05) is 16.6 Å². The number of ether oxygens (including phenoxy) is 1. The summed E-state index contributed by atoms with van der Waals surface area (Å²) in [5, 5.41) is 0. The molecular weight excluding hydrogens is 212 g/mol. The highest BCUT2D eigenvalue weighted by Gasteiger charge is 2.42. The topological polar surface area (TPSA) is 26.3 Å². The van der Waals surface area contributed by atoms with Crippen LogP contribution in [0, 0.1) is 11.3 Å². The predicted octanol–water partition coefficient (Wildman–Crippen LogP) is 3.29. The van der Waals surface area contributed by atoms with Crippen molar-refractivity contribution in [2.75, 3.05) is 0 Å². The molecule has 0 saturated carbocycles. The van der Waals surface area contributed by atoms with E-state index in [2.05, 4.69) is 31.7 Å². The molecule has 3 rings (SSSR count). The van der Waals surface area contributed by atoms with Gasteiger partial charge in [0.15, 0.2) is 0 Å². The predicted molar refractivity (Wildman–Crippen MR) is 66.0 cm³/mol. The third kappa shape index (κ3) is 1.36. The van der Waals surface area contributed by atoms with Crippen LogP contribution >= 0.6 is 0 Å². The Morgan fingerprint density at radius 1 is 1.53 bits per heavy atom. The van der Waals surface area contributed by atoms with E-state index in [1.165, 1.54) is 5.57 Å². The molecule has 0 aromatic rings. The summed E-state index contributed by atoms with van der Waals surface area (Å²) in [4.78, 5) is 11.6. The summed E-state index contributed by atoms with van der Waals surface area (Å²) < 4.78 is 5.31. The van der Waals surface area contributed by atoms with E-state index in [-0.39, 0.29) is 11.4 Å². The minimum absolute atomic E-state index is 0.0426. The zero-order valence-corrected chi connectivity index (χ0v) is 10.2. The number of esters is 1. The van der Waals surface area contributed by atoms with E-state index in [1.807, 2.05) is 6.92 Å². The second-order valence-corrected chi connectivity index (χ2v) is 5.39. The molecular formula is C15H16O2. The van der Waals surface area contributed by atoms with Gasteiger partial charge in [-0.3, -0.25) is 0 Å². The lowest BCUT2D eigenvalue weighted by Crippen LogP contribution is -2.31. The van der Waals surface area contributed by atoms with Crippen LogP contribution in [-0.4, -0.2) is 5.97 Å². The van der Waals surface area contributed by atoms with Crippen LogP contribution in [0.4, 0.5) is 0 Å². The van der Waals surface area contributed by atoms with E-state index in [9.17, 15) is 4.79 Å². The van der Waals surface area contributed by atoms with E-state index in [4.69, 9.17) is 4.74 Å². The van der Waals surface area contributed by atoms with Crippen LogP contribution in [-0.2, 0) is 9.53 Å². The van der Waals surface area contributed by atoms with Gasteiger partial charge in [-0.1, -0.05) is 31.2 Å². The highest BCUT2D eigenvalue weighted by molar-refractivity contribution is 5.94. The smallest absolute Gasteiger partial charge is 0.339 e. The monoisotopic (exact) mass is 228 g/mol. The summed E-state index contributed by atoms with van der Waals surface area (Å²) in [6.45, 7) is 8.21. The molecule has 0 unspecified atom stereocenters. The van der Waals surface area contributed by atoms with Crippen LogP contribution in [0.1, 0.15) is 26.7 Å². The molecule has 2 heteroatoms. The third-order valence-corrected chi connectivity index (χ3v) is 4.21. The van der Waals surface area contributed by atoms with Gasteiger partial charge in [-0.15, -0.1) is 0 Å². The molecule has 0 spiro atoms. The summed E-state index contributed by atoms with van der Waals surface area (Å²) in [7, 11) is 0. The number of fused-ring (bicyclic) bond motifs is 2. The average molecular weight is 228 g/mol. The summed E-state index contributed by atoms with van der Waals surface area (Å²) in [5.74, 6) is 0.976. The van der Waals surface area contributed by atoms with Crippen molar-refractivity contribution >= 4 is 5.97 Å². The molecule has 0 bridgehead atoms. The van der Waals surface area contributed by atoms with Crippen molar-refractivity contribution < 1.29 is 9.53 Å². The van der Waals surface area contributed by atoms with Crippen molar-refractivity contribution in [3.05, 3.63) is 47.3 Å². The Kier molecular flexibility index (Phi) is 2.00. The maximum atomic E-state index is 11.6. The van der Waals surface area contributed by atoms with Crippen molar-refractivity contribution in [2.45, 2.75) is 26.7 Å². The highest BCUT2D eigenvalue weighted by Crippen LogP contribution is 2.51. The maximum Gasteiger partial charge on any atom is 0.339 e. The van der Waals surface area contributed by atoms with Crippen LogP contribution in [0.5, 0.6) is 0 Å². The van der Waals surface area contributed by atoms with E-state index >= 15 is 0 Å². The molecule has 2 aliphatic carbocycles. The van der Waals surface area contributed by atoms with Gasteiger partial charge in [-0.2, -0.15) is 0 Å². The first-order valence-electron chi connectivity index (χ1n) is 6.02. The van der Waals surface area contributed by atoms with Gasteiger partial charge < -0.3 is 4.74 Å². The SMILES string of the molecule is C=C1CC=C[C@]2(C)C=C3OC(=O)C(C)=C3C[C@@H]12. The summed E-state index contributed by atoms with van der Waals surface area (Å²) >= 11 is 0. The number of hydrogen-bond donors (Lipinski definition) is 0. The van der Waals surface area contributed by atoms with Gasteiger partial charge in [0.25, 0.3) is 0 Å². The van der Waals surface area contributed by atoms with E-state index in [0.29, 0.717) is 5.92 Å². The molecule has 0 N–H and O–H groups in total. The fourth-order valence-electron chi connectivity index (χ4n) is 3.08. The van der Waals surface area contributed by atoms with Gasteiger partial charge in [0.05, 0.1) is 0 Å². The maximum absolute atomic E-state index is 11.6. The lowest BCUT2D eigenvalue weighted by molar-refractivity contribution is -0.133. The molecule has 1 aliphatic heterocycles. The Hall–Kier alpha value is -1.57. The molecule has 0 fully saturated rings. The Bertz CT molecular complexity index is 519. The highest BCUT2D eigenvalue weighted by atomic mass is 16.5. The second kappa shape index (κ2) is 3.22. The summed E-state index contributed by atoms with van der Waals surface area (Å²) in [6.07, 6.45) is 8.30. The molecule has 17 heavy (non-hydrogen) atoms. The zero-order chi connectivity index (χ0) is 12.2. The summed E-state index contributed by atoms with van der Waals surface area (Å²) in [5.41, 5.74) is 3.05. The largest absolute Gasteiger partial charge is 0.423 e. The number of carbonyl (C=O) groups excluding carboxylic acids is 1. The third-order valence-electron chi connectivity index (χ3n) is 4.21. The van der Waals surface area contributed by atoms with Crippen LogP contribution in [0.3, 0.4) is 0 Å². The molecule has 0 radical (unpaired) electrons. The van der Waals surface area contributed by atoms with Gasteiger partial charge >= 0.3 is 5.97 Å². The fraction of sp³-hybridized carbons (Fsp3) is 0.400. The Balaban J connectivity index is 2.14. The lowest BCUT2D eigenvalue weighted by atomic mass is 9.63. The zero-order valence-electron chi connectivity index (χ0n) is 10.2. The standard InChI is InChI=1S/C15H16O2/c1-9-5-4-6-15(3)8-13-11(7-12(9)15)10(2)14(16)17-13/h4,6,8,12H,1,5,7H2,2-3H3/t12-,15+/m0/s1. The van der Waals surface area contributed by atoms with E-state index in [1.54, 1.807) is 0 Å². The number of rotatable bonds is 0. The molecule has 2 atom stereocenters. The van der Waals surface area contributed by atoms with Crippen LogP contribution in [0.15, 0.2) is 47.3 Å². The summed E-state index contributed by atoms with van der Waals surface area (Å²) in [6, 6.07) is 0. The lowest BCUT2D eigenvalue weighted by Gasteiger charge is -2.40.